The van der Waals surface area contributed by atoms with Gasteiger partial charge < -0.3 is 9.63 Å². The van der Waals surface area contributed by atoms with Crippen LogP contribution in [0.2, 0.25) is 0 Å². The van der Waals surface area contributed by atoms with Crippen molar-refractivity contribution >= 4 is 0 Å². The molecule has 1 unspecified atom stereocenters. The zero-order chi connectivity index (χ0) is 14.0. The van der Waals surface area contributed by atoms with E-state index in [1.807, 2.05) is 0 Å². The first-order valence-electron chi connectivity index (χ1n) is 5.53. The highest BCUT2D eigenvalue weighted by Gasteiger charge is 2.33. The van der Waals surface area contributed by atoms with Crippen LogP contribution in [0.4, 0.5) is 13.2 Å². The Morgan fingerprint density at radius 3 is 2.58 bits per heavy atom. The third-order valence-electron chi connectivity index (χ3n) is 2.52. The lowest BCUT2D eigenvalue weighted by atomic mass is 10.0. The molecule has 0 aliphatic rings. The summed E-state index contributed by atoms with van der Waals surface area (Å²) in [5, 5.41) is 12.7. The number of nitrogens with zero attached hydrogens (tertiary/aromatic N) is 2. The molecule has 0 saturated carbocycles. The van der Waals surface area contributed by atoms with E-state index >= 15 is 0 Å². The summed E-state index contributed by atoms with van der Waals surface area (Å²) in [7, 11) is 0. The Bertz CT molecular complexity index is 564. The molecule has 0 aliphatic heterocycles. The molecule has 7 heteroatoms. The summed E-state index contributed by atoms with van der Waals surface area (Å²) in [6.45, 7) is 1.44. The van der Waals surface area contributed by atoms with E-state index in [-0.39, 0.29) is 23.7 Å². The molecule has 0 amide bonds. The monoisotopic (exact) mass is 272 g/mol. The number of aliphatic hydroxyl groups excluding tert-OH is 1. The molecule has 0 aliphatic carbocycles. The van der Waals surface area contributed by atoms with Gasteiger partial charge in [0.1, 0.15) is 6.10 Å². The van der Waals surface area contributed by atoms with Crippen LogP contribution >= 0.6 is 0 Å². The van der Waals surface area contributed by atoms with Crippen LogP contribution in [0, 0.1) is 0 Å². The van der Waals surface area contributed by atoms with Gasteiger partial charge in [0.25, 0.3) is 0 Å². The van der Waals surface area contributed by atoms with Crippen molar-refractivity contribution in [3.8, 4) is 0 Å². The Morgan fingerprint density at radius 2 is 2.00 bits per heavy atom. The molecule has 0 saturated heterocycles. The van der Waals surface area contributed by atoms with Gasteiger partial charge in [-0.2, -0.15) is 18.2 Å². The fourth-order valence-electron chi connectivity index (χ4n) is 1.62. The number of rotatable bonds is 3. The van der Waals surface area contributed by atoms with Crippen molar-refractivity contribution in [3.05, 3.63) is 47.1 Å². The summed E-state index contributed by atoms with van der Waals surface area (Å²) < 4.78 is 43.1. The summed E-state index contributed by atoms with van der Waals surface area (Å²) in [6, 6.07) is 5.19. The zero-order valence-electron chi connectivity index (χ0n) is 9.98. The van der Waals surface area contributed by atoms with Crippen LogP contribution in [0.5, 0.6) is 0 Å². The third-order valence-corrected chi connectivity index (χ3v) is 2.52. The van der Waals surface area contributed by atoms with Gasteiger partial charge in [-0.15, -0.1) is 0 Å². The average molecular weight is 272 g/mol. The van der Waals surface area contributed by atoms with Crippen LogP contribution in [0.15, 0.2) is 28.8 Å². The minimum atomic E-state index is -4.43. The number of aliphatic hydroxyl groups is 1. The van der Waals surface area contributed by atoms with E-state index in [0.29, 0.717) is 0 Å². The Labute approximate surface area is 106 Å². The van der Waals surface area contributed by atoms with E-state index in [9.17, 15) is 18.3 Å². The first-order chi connectivity index (χ1) is 8.88. The number of alkyl halides is 3. The molecule has 2 rings (SSSR count). The number of hydrogen-bond acceptors (Lipinski definition) is 4. The summed E-state index contributed by atoms with van der Waals surface area (Å²) in [4.78, 5) is 3.83. The summed E-state index contributed by atoms with van der Waals surface area (Å²) >= 11 is 0. The van der Waals surface area contributed by atoms with Gasteiger partial charge >= 0.3 is 6.18 Å². The standard InChI is InChI=1S/C12H11F3N2O2/c1-7(18)11-16-10(19-17-11)6-8-4-2-3-5-9(8)12(13,14)15/h2-5,7,18H,6H2,1H3. The molecule has 2 aromatic rings. The number of aromatic nitrogens is 2. The van der Waals surface area contributed by atoms with Crippen molar-refractivity contribution in [3.63, 3.8) is 0 Å². The molecule has 0 spiro atoms. The van der Waals surface area contributed by atoms with Gasteiger partial charge in [0.15, 0.2) is 5.82 Å². The smallest absolute Gasteiger partial charge is 0.385 e. The van der Waals surface area contributed by atoms with E-state index in [0.717, 1.165) is 6.07 Å². The van der Waals surface area contributed by atoms with Crippen molar-refractivity contribution in [2.24, 2.45) is 0 Å². The molecule has 1 aromatic carbocycles. The van der Waals surface area contributed by atoms with E-state index in [4.69, 9.17) is 4.52 Å². The second-order valence-electron chi connectivity index (χ2n) is 4.05. The van der Waals surface area contributed by atoms with Crippen LogP contribution in [-0.4, -0.2) is 15.2 Å². The van der Waals surface area contributed by atoms with E-state index < -0.39 is 17.8 Å². The van der Waals surface area contributed by atoms with Gasteiger partial charge in [0.2, 0.25) is 5.89 Å². The number of hydrogen-bond donors (Lipinski definition) is 1. The lowest BCUT2D eigenvalue weighted by molar-refractivity contribution is -0.138. The number of halogens is 3. The molecule has 1 aromatic heterocycles. The fraction of sp³-hybridized carbons (Fsp3) is 0.333. The maximum atomic E-state index is 12.8. The minimum absolute atomic E-state index is 0.0348. The molecular weight excluding hydrogens is 261 g/mol. The van der Waals surface area contributed by atoms with E-state index in [1.165, 1.54) is 25.1 Å². The summed E-state index contributed by atoms with van der Waals surface area (Å²) in [5.74, 6) is 0.0899. The molecule has 102 valence electrons. The molecule has 0 radical (unpaired) electrons. The van der Waals surface area contributed by atoms with Crippen molar-refractivity contribution in [2.45, 2.75) is 25.6 Å². The van der Waals surface area contributed by atoms with Crippen LogP contribution in [0.3, 0.4) is 0 Å². The average Bonchev–Trinajstić information content (AvgIpc) is 2.77. The van der Waals surface area contributed by atoms with Gasteiger partial charge in [-0.1, -0.05) is 23.4 Å². The quantitative estimate of drug-likeness (QED) is 0.933. The van der Waals surface area contributed by atoms with Gasteiger partial charge in [0.05, 0.1) is 12.0 Å². The Morgan fingerprint density at radius 1 is 1.32 bits per heavy atom. The van der Waals surface area contributed by atoms with Gasteiger partial charge in [-0.05, 0) is 18.6 Å². The molecule has 0 fully saturated rings. The molecule has 4 nitrogen and oxygen atoms in total. The highest BCUT2D eigenvalue weighted by atomic mass is 19.4. The maximum Gasteiger partial charge on any atom is 0.416 e. The first-order valence-corrected chi connectivity index (χ1v) is 5.53. The molecule has 1 N–H and O–H groups in total. The van der Waals surface area contributed by atoms with Crippen molar-refractivity contribution in [1.82, 2.24) is 10.1 Å². The largest absolute Gasteiger partial charge is 0.416 e. The second kappa shape index (κ2) is 5.00. The second-order valence-corrected chi connectivity index (χ2v) is 4.05. The predicted molar refractivity (Wildman–Crippen MR) is 59.2 cm³/mol. The third kappa shape index (κ3) is 3.11. The topological polar surface area (TPSA) is 59.2 Å². The zero-order valence-corrected chi connectivity index (χ0v) is 9.98. The Balaban J connectivity index is 2.28. The first kappa shape index (κ1) is 13.5. The molecule has 0 bridgehead atoms. The normalized spacial score (nSPS) is 13.5. The Hall–Kier alpha value is -1.89. The fourth-order valence-corrected chi connectivity index (χ4v) is 1.62. The number of benzene rings is 1. The minimum Gasteiger partial charge on any atom is -0.385 e. The lowest BCUT2D eigenvalue weighted by Gasteiger charge is -2.10. The SMILES string of the molecule is CC(O)c1noc(Cc2ccccc2C(F)(F)F)n1. The molecule has 19 heavy (non-hydrogen) atoms. The molecular formula is C12H11F3N2O2. The van der Waals surface area contributed by atoms with Crippen LogP contribution in [0.1, 0.15) is 35.9 Å². The van der Waals surface area contributed by atoms with Gasteiger partial charge in [-0.3, -0.25) is 0 Å². The van der Waals surface area contributed by atoms with Crippen LogP contribution < -0.4 is 0 Å². The molecule has 1 atom stereocenters. The summed E-state index contributed by atoms with van der Waals surface area (Å²) in [6.07, 6.45) is -5.48. The van der Waals surface area contributed by atoms with Crippen molar-refractivity contribution < 1.29 is 22.8 Å². The molecule has 1 heterocycles. The van der Waals surface area contributed by atoms with Crippen molar-refractivity contribution in [2.75, 3.05) is 0 Å². The van der Waals surface area contributed by atoms with E-state index in [1.54, 1.807) is 0 Å². The van der Waals surface area contributed by atoms with Gasteiger partial charge in [0, 0.05) is 0 Å². The van der Waals surface area contributed by atoms with Crippen LogP contribution in [-0.2, 0) is 12.6 Å². The van der Waals surface area contributed by atoms with Gasteiger partial charge in [-0.25, -0.2) is 0 Å². The van der Waals surface area contributed by atoms with E-state index in [2.05, 4.69) is 10.1 Å². The Kier molecular flexibility index (Phi) is 3.57. The highest BCUT2D eigenvalue weighted by molar-refractivity contribution is 5.31. The van der Waals surface area contributed by atoms with Crippen LogP contribution in [0.25, 0.3) is 0 Å². The van der Waals surface area contributed by atoms with Crippen molar-refractivity contribution in [1.29, 1.82) is 0 Å². The maximum absolute atomic E-state index is 12.8. The summed E-state index contributed by atoms with van der Waals surface area (Å²) in [5.41, 5.74) is -0.678. The highest BCUT2D eigenvalue weighted by Crippen LogP contribution is 2.32. The predicted octanol–water partition coefficient (Wildman–Crippen LogP) is 2.73. The lowest BCUT2D eigenvalue weighted by Crippen LogP contribution is -2.09.